The summed E-state index contributed by atoms with van der Waals surface area (Å²) in [5, 5.41) is 3.20. The van der Waals surface area contributed by atoms with Gasteiger partial charge in [-0.1, -0.05) is 53.5 Å². The predicted octanol–water partition coefficient (Wildman–Crippen LogP) is 2.95. The molecule has 0 fully saturated rings. The summed E-state index contributed by atoms with van der Waals surface area (Å²) in [7, 11) is 0. The van der Waals surface area contributed by atoms with E-state index >= 15 is 0 Å². The van der Waals surface area contributed by atoms with Gasteiger partial charge in [-0.05, 0) is 23.8 Å². The maximum absolute atomic E-state index is 12.2. The second-order valence-electron chi connectivity index (χ2n) is 4.34. The van der Waals surface area contributed by atoms with Gasteiger partial charge in [0.2, 0.25) is 5.91 Å². The molecule has 108 valence electrons. The number of carbonyl (C=O) groups is 2. The molecule has 0 saturated heterocycles. The molecule has 21 heavy (non-hydrogen) atoms. The lowest BCUT2D eigenvalue weighted by molar-refractivity contribution is -0.120. The Bertz CT molecular complexity index is 675. The zero-order valence-electron chi connectivity index (χ0n) is 10.8. The van der Waals surface area contributed by atoms with Gasteiger partial charge in [-0.3, -0.25) is 9.59 Å². The number of nitrogens with one attached hydrogen (secondary N) is 1. The van der Waals surface area contributed by atoms with E-state index in [1.807, 2.05) is 0 Å². The van der Waals surface area contributed by atoms with Crippen LogP contribution < -0.4 is 11.1 Å². The van der Waals surface area contributed by atoms with Crippen molar-refractivity contribution in [1.29, 1.82) is 0 Å². The van der Waals surface area contributed by atoms with Gasteiger partial charge in [-0.15, -0.1) is 0 Å². The number of benzene rings is 2. The van der Waals surface area contributed by atoms with Gasteiger partial charge in [0.1, 0.15) is 6.04 Å². The van der Waals surface area contributed by atoms with E-state index in [4.69, 9.17) is 28.9 Å². The molecule has 2 aromatic rings. The van der Waals surface area contributed by atoms with Crippen molar-refractivity contribution in [2.24, 2.45) is 5.73 Å². The predicted molar refractivity (Wildman–Crippen MR) is 82.3 cm³/mol. The van der Waals surface area contributed by atoms with Crippen LogP contribution in [0.4, 0.5) is 0 Å². The van der Waals surface area contributed by atoms with Crippen LogP contribution in [0.25, 0.3) is 0 Å². The van der Waals surface area contributed by atoms with E-state index in [-0.39, 0.29) is 10.6 Å². The Morgan fingerprint density at radius 1 is 1.05 bits per heavy atom. The summed E-state index contributed by atoms with van der Waals surface area (Å²) in [4.78, 5) is 23.8. The molecule has 0 bridgehead atoms. The molecule has 4 nitrogen and oxygen atoms in total. The number of amides is 2. The quantitative estimate of drug-likeness (QED) is 0.908. The SMILES string of the molecule is NC(=O)C(NC(=O)c1ccc(Cl)cc1Cl)c1ccccc1. The van der Waals surface area contributed by atoms with Crippen LogP contribution in [0.5, 0.6) is 0 Å². The minimum absolute atomic E-state index is 0.205. The average molecular weight is 323 g/mol. The van der Waals surface area contributed by atoms with Crippen molar-refractivity contribution >= 4 is 35.0 Å². The van der Waals surface area contributed by atoms with E-state index in [2.05, 4.69) is 5.32 Å². The monoisotopic (exact) mass is 322 g/mol. The van der Waals surface area contributed by atoms with Crippen molar-refractivity contribution in [2.75, 3.05) is 0 Å². The molecule has 6 heteroatoms. The zero-order chi connectivity index (χ0) is 15.4. The Labute approximate surface area is 131 Å². The Morgan fingerprint density at radius 2 is 1.71 bits per heavy atom. The summed E-state index contributed by atoms with van der Waals surface area (Å²) in [5.41, 5.74) is 6.18. The fraction of sp³-hybridized carbons (Fsp3) is 0.0667. The normalized spacial score (nSPS) is 11.7. The minimum Gasteiger partial charge on any atom is -0.368 e. The molecule has 2 amide bonds. The number of halogens is 2. The second-order valence-corrected chi connectivity index (χ2v) is 5.19. The van der Waals surface area contributed by atoms with Crippen molar-refractivity contribution < 1.29 is 9.59 Å². The smallest absolute Gasteiger partial charge is 0.253 e. The van der Waals surface area contributed by atoms with Crippen LogP contribution in [0.2, 0.25) is 10.0 Å². The molecule has 2 aromatic carbocycles. The summed E-state index contributed by atoms with van der Waals surface area (Å²) >= 11 is 11.8. The summed E-state index contributed by atoms with van der Waals surface area (Å²) in [6, 6.07) is 12.3. The van der Waals surface area contributed by atoms with E-state index in [1.165, 1.54) is 12.1 Å². The summed E-state index contributed by atoms with van der Waals surface area (Å²) < 4.78 is 0. The van der Waals surface area contributed by atoms with Crippen LogP contribution in [0.3, 0.4) is 0 Å². The number of rotatable bonds is 4. The molecule has 0 aliphatic rings. The average Bonchev–Trinajstić information content (AvgIpc) is 2.45. The molecule has 0 spiro atoms. The Hall–Kier alpha value is -2.04. The van der Waals surface area contributed by atoms with Gasteiger partial charge < -0.3 is 11.1 Å². The van der Waals surface area contributed by atoms with E-state index in [0.717, 1.165) is 0 Å². The fourth-order valence-corrected chi connectivity index (χ4v) is 2.34. The Morgan fingerprint density at radius 3 is 2.29 bits per heavy atom. The molecule has 0 heterocycles. The number of carbonyl (C=O) groups excluding carboxylic acids is 2. The van der Waals surface area contributed by atoms with Crippen LogP contribution in [-0.4, -0.2) is 11.8 Å². The van der Waals surface area contributed by atoms with Gasteiger partial charge in [-0.2, -0.15) is 0 Å². The number of hydrogen-bond donors (Lipinski definition) is 2. The Balaban J connectivity index is 2.25. The zero-order valence-corrected chi connectivity index (χ0v) is 12.4. The van der Waals surface area contributed by atoms with Crippen LogP contribution in [0, 0.1) is 0 Å². The summed E-state index contributed by atoms with van der Waals surface area (Å²) in [6.45, 7) is 0. The van der Waals surface area contributed by atoms with E-state index in [1.54, 1.807) is 36.4 Å². The first kappa shape index (κ1) is 15.4. The number of nitrogens with two attached hydrogens (primary N) is 1. The first-order valence-corrected chi connectivity index (χ1v) is 6.85. The third-order valence-electron chi connectivity index (χ3n) is 2.87. The third-order valence-corrected chi connectivity index (χ3v) is 3.42. The van der Waals surface area contributed by atoms with Crippen LogP contribution in [-0.2, 0) is 4.79 Å². The van der Waals surface area contributed by atoms with Crippen molar-refractivity contribution in [3.05, 3.63) is 69.7 Å². The van der Waals surface area contributed by atoms with Crippen molar-refractivity contribution in [3.63, 3.8) is 0 Å². The molecular formula is C15H12Cl2N2O2. The first-order valence-electron chi connectivity index (χ1n) is 6.09. The molecule has 1 atom stereocenters. The molecule has 3 N–H and O–H groups in total. The third kappa shape index (κ3) is 3.74. The highest BCUT2D eigenvalue weighted by molar-refractivity contribution is 6.36. The lowest BCUT2D eigenvalue weighted by atomic mass is 10.1. The highest BCUT2D eigenvalue weighted by Crippen LogP contribution is 2.22. The van der Waals surface area contributed by atoms with Gasteiger partial charge in [0.05, 0.1) is 10.6 Å². The topological polar surface area (TPSA) is 72.2 Å². The highest BCUT2D eigenvalue weighted by atomic mass is 35.5. The highest BCUT2D eigenvalue weighted by Gasteiger charge is 2.21. The van der Waals surface area contributed by atoms with Crippen LogP contribution in [0.15, 0.2) is 48.5 Å². The number of primary amides is 1. The van der Waals surface area contributed by atoms with Crippen molar-refractivity contribution in [2.45, 2.75) is 6.04 Å². The van der Waals surface area contributed by atoms with Gasteiger partial charge in [0.15, 0.2) is 0 Å². The van der Waals surface area contributed by atoms with E-state index in [0.29, 0.717) is 10.6 Å². The van der Waals surface area contributed by atoms with Gasteiger partial charge in [0, 0.05) is 5.02 Å². The molecule has 0 aromatic heterocycles. The van der Waals surface area contributed by atoms with Crippen molar-refractivity contribution in [3.8, 4) is 0 Å². The molecule has 0 radical (unpaired) electrons. The lowest BCUT2D eigenvalue weighted by Gasteiger charge is -2.16. The minimum atomic E-state index is -0.926. The lowest BCUT2D eigenvalue weighted by Crippen LogP contribution is -2.37. The molecule has 0 aliphatic carbocycles. The maximum atomic E-state index is 12.2. The standard InChI is InChI=1S/C15H12Cl2N2O2/c16-10-6-7-11(12(17)8-10)15(21)19-13(14(18)20)9-4-2-1-3-5-9/h1-8,13H,(H2,18,20)(H,19,21). The van der Waals surface area contributed by atoms with Crippen molar-refractivity contribution in [1.82, 2.24) is 5.32 Å². The largest absolute Gasteiger partial charge is 0.368 e. The fourth-order valence-electron chi connectivity index (χ4n) is 1.85. The maximum Gasteiger partial charge on any atom is 0.253 e. The molecule has 0 aliphatic heterocycles. The van der Waals surface area contributed by atoms with E-state index < -0.39 is 17.9 Å². The molecule has 1 unspecified atom stereocenters. The van der Waals surface area contributed by atoms with E-state index in [9.17, 15) is 9.59 Å². The van der Waals surface area contributed by atoms with Gasteiger partial charge in [-0.25, -0.2) is 0 Å². The molecular weight excluding hydrogens is 311 g/mol. The molecule has 2 rings (SSSR count). The summed E-state index contributed by atoms with van der Waals surface area (Å²) in [5.74, 6) is -1.15. The Kier molecular flexibility index (Phi) is 4.83. The number of hydrogen-bond acceptors (Lipinski definition) is 2. The van der Waals surface area contributed by atoms with Gasteiger partial charge in [0.25, 0.3) is 5.91 Å². The first-order chi connectivity index (χ1) is 9.99. The van der Waals surface area contributed by atoms with Crippen LogP contribution >= 0.6 is 23.2 Å². The molecule has 0 saturated carbocycles. The second kappa shape index (κ2) is 6.61. The van der Waals surface area contributed by atoms with Crippen LogP contribution in [0.1, 0.15) is 22.0 Å². The van der Waals surface area contributed by atoms with Gasteiger partial charge >= 0.3 is 0 Å². The summed E-state index contributed by atoms with van der Waals surface area (Å²) in [6.07, 6.45) is 0.